The molecule has 1 saturated heterocycles. The molecule has 22 heavy (non-hydrogen) atoms. The van der Waals surface area contributed by atoms with E-state index in [1.54, 1.807) is 18.2 Å². The number of benzene rings is 1. The number of nitro groups is 1. The van der Waals surface area contributed by atoms with E-state index < -0.39 is 11.0 Å². The molecule has 2 fully saturated rings. The molecule has 120 valence electrons. The lowest BCUT2D eigenvalue weighted by Crippen LogP contribution is -2.34. The molecule has 1 aliphatic heterocycles. The Morgan fingerprint density at radius 2 is 2.00 bits per heavy atom. The van der Waals surface area contributed by atoms with E-state index in [2.05, 4.69) is 4.90 Å². The molecule has 2 aliphatic rings. The summed E-state index contributed by atoms with van der Waals surface area (Å²) in [5.74, 6) is 1.80. The van der Waals surface area contributed by atoms with Crippen LogP contribution in [0, 0.1) is 22.0 Å². The van der Waals surface area contributed by atoms with Crippen LogP contribution in [-0.2, 0) is 0 Å². The van der Waals surface area contributed by atoms with E-state index in [0.717, 1.165) is 24.9 Å². The van der Waals surface area contributed by atoms with E-state index in [-0.39, 0.29) is 18.0 Å². The predicted molar refractivity (Wildman–Crippen MR) is 81.9 cm³/mol. The van der Waals surface area contributed by atoms with Crippen molar-refractivity contribution in [1.29, 1.82) is 0 Å². The number of rotatable bonds is 6. The van der Waals surface area contributed by atoms with Crippen molar-refractivity contribution in [3.8, 4) is 5.75 Å². The fourth-order valence-electron chi connectivity index (χ4n) is 3.75. The SMILES string of the molecule is O=[N+]([O-])c1ccccc1OC[C@H](O)CN1C[C@H]2CCC[C@@H]2C1. The summed E-state index contributed by atoms with van der Waals surface area (Å²) < 4.78 is 5.45. The lowest BCUT2D eigenvalue weighted by atomic mass is 10.0. The molecule has 1 saturated carbocycles. The number of hydrogen-bond acceptors (Lipinski definition) is 5. The fourth-order valence-corrected chi connectivity index (χ4v) is 3.75. The molecule has 1 aromatic rings. The maximum absolute atomic E-state index is 10.9. The van der Waals surface area contributed by atoms with Crippen LogP contribution < -0.4 is 4.74 Å². The number of fused-ring (bicyclic) bond motifs is 1. The van der Waals surface area contributed by atoms with Crippen LogP contribution in [0.15, 0.2) is 24.3 Å². The highest BCUT2D eigenvalue weighted by Gasteiger charge is 2.36. The van der Waals surface area contributed by atoms with Crippen molar-refractivity contribution in [3.05, 3.63) is 34.4 Å². The molecule has 1 heterocycles. The minimum atomic E-state index is -0.626. The Hall–Kier alpha value is -1.66. The topological polar surface area (TPSA) is 75.8 Å². The summed E-state index contributed by atoms with van der Waals surface area (Å²) in [6.07, 6.45) is 3.33. The zero-order valence-corrected chi connectivity index (χ0v) is 12.6. The highest BCUT2D eigenvalue weighted by atomic mass is 16.6. The molecule has 6 heteroatoms. The first kappa shape index (κ1) is 15.2. The molecule has 3 rings (SSSR count). The summed E-state index contributed by atoms with van der Waals surface area (Å²) in [6.45, 7) is 2.78. The van der Waals surface area contributed by atoms with Gasteiger partial charge in [-0.3, -0.25) is 10.1 Å². The molecule has 0 bridgehead atoms. The Bertz CT molecular complexity index is 525. The minimum absolute atomic E-state index is 0.0644. The van der Waals surface area contributed by atoms with Crippen molar-refractivity contribution >= 4 is 5.69 Å². The van der Waals surface area contributed by atoms with Gasteiger partial charge >= 0.3 is 5.69 Å². The number of para-hydroxylation sites is 2. The Morgan fingerprint density at radius 3 is 2.68 bits per heavy atom. The Kier molecular flexibility index (Phi) is 4.59. The quantitative estimate of drug-likeness (QED) is 0.643. The number of hydrogen-bond donors (Lipinski definition) is 1. The van der Waals surface area contributed by atoms with E-state index >= 15 is 0 Å². The smallest absolute Gasteiger partial charge is 0.310 e. The molecule has 0 unspecified atom stereocenters. The minimum Gasteiger partial charge on any atom is -0.484 e. The van der Waals surface area contributed by atoms with Crippen molar-refractivity contribution in [3.63, 3.8) is 0 Å². The third-order valence-electron chi connectivity index (χ3n) is 4.76. The number of nitro benzene ring substituents is 1. The first-order chi connectivity index (χ1) is 10.6. The summed E-state index contributed by atoms with van der Waals surface area (Å²) in [5.41, 5.74) is -0.0644. The van der Waals surface area contributed by atoms with Gasteiger partial charge in [0, 0.05) is 25.7 Å². The average molecular weight is 306 g/mol. The van der Waals surface area contributed by atoms with E-state index in [1.165, 1.54) is 25.3 Å². The summed E-state index contributed by atoms with van der Waals surface area (Å²) in [6, 6.07) is 6.26. The number of aliphatic hydroxyl groups excluding tert-OH is 1. The van der Waals surface area contributed by atoms with Crippen molar-refractivity contribution in [2.24, 2.45) is 11.8 Å². The maximum Gasteiger partial charge on any atom is 0.310 e. The van der Waals surface area contributed by atoms with Crippen LogP contribution >= 0.6 is 0 Å². The molecular weight excluding hydrogens is 284 g/mol. The van der Waals surface area contributed by atoms with Crippen LogP contribution in [0.3, 0.4) is 0 Å². The molecule has 0 spiro atoms. The maximum atomic E-state index is 10.9. The molecule has 3 atom stereocenters. The van der Waals surface area contributed by atoms with E-state index in [0.29, 0.717) is 6.54 Å². The van der Waals surface area contributed by atoms with Crippen LogP contribution in [0.5, 0.6) is 5.75 Å². The predicted octanol–water partition coefficient (Wildman–Crippen LogP) is 2.07. The molecule has 0 radical (unpaired) electrons. The Labute approximate surface area is 129 Å². The van der Waals surface area contributed by atoms with Gasteiger partial charge < -0.3 is 14.7 Å². The summed E-state index contributed by atoms with van der Waals surface area (Å²) in [4.78, 5) is 12.7. The van der Waals surface area contributed by atoms with Crippen LogP contribution in [0.1, 0.15) is 19.3 Å². The first-order valence-electron chi connectivity index (χ1n) is 7.90. The second kappa shape index (κ2) is 6.62. The van der Waals surface area contributed by atoms with Gasteiger partial charge in [0.15, 0.2) is 5.75 Å². The van der Waals surface area contributed by atoms with Crippen LogP contribution in [-0.4, -0.2) is 47.3 Å². The summed E-state index contributed by atoms with van der Waals surface area (Å²) in [5, 5.41) is 21.0. The Balaban J connectivity index is 1.49. The van der Waals surface area contributed by atoms with E-state index in [4.69, 9.17) is 4.74 Å². The first-order valence-corrected chi connectivity index (χ1v) is 7.90. The van der Waals surface area contributed by atoms with Crippen LogP contribution in [0.25, 0.3) is 0 Å². The fraction of sp³-hybridized carbons (Fsp3) is 0.625. The van der Waals surface area contributed by atoms with Crippen LogP contribution in [0.2, 0.25) is 0 Å². The largest absolute Gasteiger partial charge is 0.484 e. The van der Waals surface area contributed by atoms with Gasteiger partial charge in [0.25, 0.3) is 0 Å². The van der Waals surface area contributed by atoms with Gasteiger partial charge in [-0.05, 0) is 30.7 Å². The summed E-state index contributed by atoms with van der Waals surface area (Å²) >= 11 is 0. The van der Waals surface area contributed by atoms with Crippen molar-refractivity contribution in [1.82, 2.24) is 4.90 Å². The summed E-state index contributed by atoms with van der Waals surface area (Å²) in [7, 11) is 0. The van der Waals surface area contributed by atoms with Gasteiger partial charge in [0.05, 0.1) is 4.92 Å². The van der Waals surface area contributed by atoms with Gasteiger partial charge in [-0.2, -0.15) is 0 Å². The number of β-amino-alcohol motifs (C(OH)–C–C–N with tert-alkyl or cyclic N) is 1. The highest BCUT2D eigenvalue weighted by molar-refractivity contribution is 5.45. The average Bonchev–Trinajstić information content (AvgIpc) is 3.06. The van der Waals surface area contributed by atoms with Gasteiger partial charge in [-0.1, -0.05) is 18.6 Å². The van der Waals surface area contributed by atoms with Gasteiger partial charge in [-0.25, -0.2) is 0 Å². The molecule has 1 N–H and O–H groups in total. The number of nitrogens with zero attached hydrogens (tertiary/aromatic N) is 2. The number of aliphatic hydroxyl groups is 1. The van der Waals surface area contributed by atoms with Crippen molar-refractivity contribution < 1.29 is 14.8 Å². The normalized spacial score (nSPS) is 25.9. The van der Waals surface area contributed by atoms with E-state index in [9.17, 15) is 15.2 Å². The standard InChI is InChI=1S/C16H22N2O4/c19-14(10-17-8-12-4-3-5-13(12)9-17)11-22-16-7-2-1-6-15(16)18(20)21/h1-2,6-7,12-14,19H,3-5,8-11H2/t12-,13-,14-/m1/s1. The third kappa shape index (κ3) is 3.39. The van der Waals surface area contributed by atoms with E-state index in [1.807, 2.05) is 0 Å². The molecular formula is C16H22N2O4. The molecule has 0 amide bonds. The van der Waals surface area contributed by atoms with Gasteiger partial charge in [-0.15, -0.1) is 0 Å². The molecule has 6 nitrogen and oxygen atoms in total. The highest BCUT2D eigenvalue weighted by Crippen LogP contribution is 2.37. The molecule has 1 aromatic carbocycles. The van der Waals surface area contributed by atoms with Crippen molar-refractivity contribution in [2.45, 2.75) is 25.4 Å². The lowest BCUT2D eigenvalue weighted by molar-refractivity contribution is -0.385. The lowest BCUT2D eigenvalue weighted by Gasteiger charge is -2.20. The zero-order valence-electron chi connectivity index (χ0n) is 12.6. The Morgan fingerprint density at radius 1 is 1.32 bits per heavy atom. The third-order valence-corrected chi connectivity index (χ3v) is 4.76. The molecule has 0 aromatic heterocycles. The van der Waals surface area contributed by atoms with Crippen molar-refractivity contribution in [2.75, 3.05) is 26.2 Å². The van der Waals surface area contributed by atoms with Crippen LogP contribution in [0.4, 0.5) is 5.69 Å². The second-order valence-corrected chi connectivity index (χ2v) is 6.36. The number of likely N-dealkylation sites (tertiary alicyclic amines) is 1. The zero-order chi connectivity index (χ0) is 15.5. The van der Waals surface area contributed by atoms with Gasteiger partial charge in [0.2, 0.25) is 0 Å². The second-order valence-electron chi connectivity index (χ2n) is 6.36. The molecule has 1 aliphatic carbocycles. The monoisotopic (exact) mass is 306 g/mol. The van der Waals surface area contributed by atoms with Gasteiger partial charge in [0.1, 0.15) is 12.7 Å². The number of ether oxygens (including phenoxy) is 1.